The van der Waals surface area contributed by atoms with Crippen LogP contribution in [0.4, 0.5) is 0 Å². The molecule has 114 valence electrons. The van der Waals surface area contributed by atoms with Gasteiger partial charge in [0.15, 0.2) is 5.65 Å². The van der Waals surface area contributed by atoms with Gasteiger partial charge in [-0.3, -0.25) is 4.68 Å². The van der Waals surface area contributed by atoms with Crippen molar-refractivity contribution in [1.29, 1.82) is 0 Å². The lowest BCUT2D eigenvalue weighted by atomic mass is 9.82. The van der Waals surface area contributed by atoms with Crippen molar-refractivity contribution in [3.63, 3.8) is 0 Å². The van der Waals surface area contributed by atoms with Crippen LogP contribution in [0.5, 0.6) is 0 Å². The molecule has 5 heteroatoms. The first-order valence-corrected chi connectivity index (χ1v) is 7.78. The van der Waals surface area contributed by atoms with E-state index >= 15 is 0 Å². The number of nitrogens with zero attached hydrogens (tertiary/aromatic N) is 3. The average molecular weight is 288 g/mol. The van der Waals surface area contributed by atoms with Gasteiger partial charge >= 0.3 is 0 Å². The van der Waals surface area contributed by atoms with E-state index in [1.165, 1.54) is 19.3 Å². The van der Waals surface area contributed by atoms with Crippen molar-refractivity contribution in [2.45, 2.75) is 51.1 Å². The van der Waals surface area contributed by atoms with Crippen molar-refractivity contribution in [2.75, 3.05) is 6.61 Å². The molecule has 2 N–H and O–H groups in total. The molecule has 2 aromatic rings. The number of rotatable bonds is 4. The van der Waals surface area contributed by atoms with Gasteiger partial charge in [-0.05, 0) is 31.4 Å². The Balaban J connectivity index is 1.77. The summed E-state index contributed by atoms with van der Waals surface area (Å²) in [4.78, 5) is 4.51. The molecule has 0 atom stereocenters. The number of aliphatic hydroxyl groups excluding tert-OH is 1. The predicted octanol–water partition coefficient (Wildman–Crippen LogP) is 2.06. The number of fused-ring (bicyclic) bond motifs is 1. The van der Waals surface area contributed by atoms with Crippen LogP contribution in [-0.2, 0) is 13.6 Å². The van der Waals surface area contributed by atoms with Crippen LogP contribution >= 0.6 is 0 Å². The SMILES string of the molecule is Cc1nn(C)c2ncc(CNC3(CO)CCCCC3)cc12. The number of aryl methyl sites for hydroxylation is 2. The fraction of sp³-hybridized carbons (Fsp3) is 0.625. The van der Waals surface area contributed by atoms with Gasteiger partial charge in [0.25, 0.3) is 0 Å². The number of hydrogen-bond acceptors (Lipinski definition) is 4. The monoisotopic (exact) mass is 288 g/mol. The Morgan fingerprint density at radius 2 is 2.10 bits per heavy atom. The van der Waals surface area contributed by atoms with Crippen LogP contribution in [0.2, 0.25) is 0 Å². The van der Waals surface area contributed by atoms with Gasteiger partial charge in [-0.1, -0.05) is 19.3 Å². The summed E-state index contributed by atoms with van der Waals surface area (Å²) in [5.74, 6) is 0. The minimum Gasteiger partial charge on any atom is -0.394 e. The first-order valence-electron chi connectivity index (χ1n) is 7.78. The van der Waals surface area contributed by atoms with Crippen LogP contribution in [0.3, 0.4) is 0 Å². The summed E-state index contributed by atoms with van der Waals surface area (Å²) < 4.78 is 1.82. The molecule has 1 fully saturated rings. The Bertz CT molecular complexity index is 628. The highest BCUT2D eigenvalue weighted by atomic mass is 16.3. The first-order chi connectivity index (χ1) is 10.1. The summed E-state index contributed by atoms with van der Waals surface area (Å²) in [6, 6.07) is 2.16. The fourth-order valence-corrected chi connectivity index (χ4v) is 3.36. The molecule has 0 unspecified atom stereocenters. The van der Waals surface area contributed by atoms with Crippen molar-refractivity contribution >= 4 is 11.0 Å². The Kier molecular flexibility index (Phi) is 3.95. The van der Waals surface area contributed by atoms with E-state index in [2.05, 4.69) is 21.5 Å². The van der Waals surface area contributed by atoms with Gasteiger partial charge in [-0.2, -0.15) is 5.10 Å². The quantitative estimate of drug-likeness (QED) is 0.904. The molecular formula is C16H24N4O. The molecule has 5 nitrogen and oxygen atoms in total. The van der Waals surface area contributed by atoms with Crippen molar-refractivity contribution in [2.24, 2.45) is 7.05 Å². The van der Waals surface area contributed by atoms with Crippen LogP contribution in [0.25, 0.3) is 11.0 Å². The van der Waals surface area contributed by atoms with Crippen molar-refractivity contribution in [3.05, 3.63) is 23.5 Å². The fourth-order valence-electron chi connectivity index (χ4n) is 3.36. The van der Waals surface area contributed by atoms with Gasteiger partial charge in [0.1, 0.15) is 0 Å². The normalized spacial score (nSPS) is 18.2. The molecule has 1 saturated carbocycles. The third kappa shape index (κ3) is 2.80. The Morgan fingerprint density at radius 3 is 2.81 bits per heavy atom. The summed E-state index contributed by atoms with van der Waals surface area (Å²) >= 11 is 0. The Hall–Kier alpha value is -1.46. The second-order valence-electron chi connectivity index (χ2n) is 6.28. The predicted molar refractivity (Wildman–Crippen MR) is 83.0 cm³/mol. The number of pyridine rings is 1. The molecule has 0 spiro atoms. The minimum atomic E-state index is -0.100. The molecule has 0 aliphatic heterocycles. The van der Waals surface area contributed by atoms with Crippen molar-refractivity contribution < 1.29 is 5.11 Å². The molecule has 0 radical (unpaired) electrons. The molecule has 2 heterocycles. The van der Waals surface area contributed by atoms with E-state index in [1.807, 2.05) is 24.9 Å². The highest BCUT2D eigenvalue weighted by Crippen LogP contribution is 2.28. The Labute approximate surface area is 125 Å². The molecule has 0 amide bonds. The van der Waals surface area contributed by atoms with E-state index in [9.17, 15) is 5.11 Å². The second kappa shape index (κ2) is 5.73. The molecule has 1 aliphatic carbocycles. The van der Waals surface area contributed by atoms with Gasteiger partial charge in [0, 0.05) is 30.7 Å². The van der Waals surface area contributed by atoms with Crippen LogP contribution in [-0.4, -0.2) is 32.0 Å². The van der Waals surface area contributed by atoms with Gasteiger partial charge < -0.3 is 10.4 Å². The lowest BCUT2D eigenvalue weighted by molar-refractivity contribution is 0.119. The largest absolute Gasteiger partial charge is 0.394 e. The van der Waals surface area contributed by atoms with E-state index < -0.39 is 0 Å². The smallest absolute Gasteiger partial charge is 0.157 e. The maximum atomic E-state index is 9.75. The van der Waals surface area contributed by atoms with Crippen LogP contribution in [0, 0.1) is 6.92 Å². The lowest BCUT2D eigenvalue weighted by Gasteiger charge is -2.36. The van der Waals surface area contributed by atoms with Crippen LogP contribution in [0.15, 0.2) is 12.3 Å². The lowest BCUT2D eigenvalue weighted by Crippen LogP contribution is -2.49. The summed E-state index contributed by atoms with van der Waals surface area (Å²) in [6.45, 7) is 2.98. The van der Waals surface area contributed by atoms with Crippen molar-refractivity contribution in [3.8, 4) is 0 Å². The van der Waals surface area contributed by atoms with E-state index in [4.69, 9.17) is 0 Å². The van der Waals surface area contributed by atoms with E-state index in [0.717, 1.165) is 41.7 Å². The summed E-state index contributed by atoms with van der Waals surface area (Å²) in [7, 11) is 1.92. The van der Waals surface area contributed by atoms with Crippen LogP contribution in [0.1, 0.15) is 43.4 Å². The van der Waals surface area contributed by atoms with Crippen molar-refractivity contribution in [1.82, 2.24) is 20.1 Å². The zero-order valence-corrected chi connectivity index (χ0v) is 12.9. The molecule has 0 saturated heterocycles. The van der Waals surface area contributed by atoms with Gasteiger partial charge in [0.2, 0.25) is 0 Å². The summed E-state index contributed by atoms with van der Waals surface area (Å²) in [5, 5.41) is 18.8. The van der Waals surface area contributed by atoms with Gasteiger partial charge in [-0.15, -0.1) is 0 Å². The zero-order valence-electron chi connectivity index (χ0n) is 12.9. The standard InChI is InChI=1S/C16H24N4O/c1-12-14-8-13(9-17-15(14)20(2)19-12)10-18-16(11-21)6-4-3-5-7-16/h8-9,18,21H,3-7,10-11H2,1-2H3. The number of aliphatic hydroxyl groups is 1. The highest BCUT2D eigenvalue weighted by molar-refractivity contribution is 5.78. The van der Waals surface area contributed by atoms with E-state index in [-0.39, 0.29) is 12.1 Å². The second-order valence-corrected chi connectivity index (χ2v) is 6.28. The van der Waals surface area contributed by atoms with Gasteiger partial charge in [-0.25, -0.2) is 4.98 Å². The maximum absolute atomic E-state index is 9.75. The minimum absolute atomic E-state index is 0.100. The Morgan fingerprint density at radius 1 is 1.33 bits per heavy atom. The molecule has 0 aromatic carbocycles. The average Bonchev–Trinajstić information content (AvgIpc) is 2.81. The molecule has 1 aliphatic rings. The molecule has 21 heavy (non-hydrogen) atoms. The topological polar surface area (TPSA) is 63.0 Å². The summed E-state index contributed by atoms with van der Waals surface area (Å²) in [6.07, 6.45) is 7.71. The molecule has 2 aromatic heterocycles. The van der Waals surface area contributed by atoms with E-state index in [0.29, 0.717) is 0 Å². The first kappa shape index (κ1) is 14.5. The number of hydrogen-bond donors (Lipinski definition) is 2. The third-order valence-corrected chi connectivity index (χ3v) is 4.70. The molecule has 3 rings (SSSR count). The zero-order chi connectivity index (χ0) is 14.9. The third-order valence-electron chi connectivity index (χ3n) is 4.70. The number of nitrogens with one attached hydrogen (secondary N) is 1. The molecular weight excluding hydrogens is 264 g/mol. The summed E-state index contributed by atoms with van der Waals surface area (Å²) in [5.41, 5.74) is 2.98. The van der Waals surface area contributed by atoms with Gasteiger partial charge in [0.05, 0.1) is 12.3 Å². The number of aromatic nitrogens is 3. The van der Waals surface area contributed by atoms with Crippen LogP contribution < -0.4 is 5.32 Å². The maximum Gasteiger partial charge on any atom is 0.157 e. The van der Waals surface area contributed by atoms with E-state index in [1.54, 1.807) is 0 Å². The highest BCUT2D eigenvalue weighted by Gasteiger charge is 2.30. The molecule has 0 bridgehead atoms.